The van der Waals surface area contributed by atoms with Crippen molar-refractivity contribution in [2.24, 2.45) is 5.41 Å². The summed E-state index contributed by atoms with van der Waals surface area (Å²) in [6.45, 7) is 5.94. The van der Waals surface area contributed by atoms with E-state index in [1.54, 1.807) is 13.8 Å². The second kappa shape index (κ2) is 10.5. The van der Waals surface area contributed by atoms with Gasteiger partial charge in [-0.15, -0.1) is 0 Å². The van der Waals surface area contributed by atoms with Gasteiger partial charge < -0.3 is 14.2 Å². The Labute approximate surface area is 136 Å². The van der Waals surface area contributed by atoms with E-state index in [0.717, 1.165) is 0 Å². The lowest BCUT2D eigenvalue weighted by molar-refractivity contribution is -0.173. The first-order chi connectivity index (χ1) is 10.8. The van der Waals surface area contributed by atoms with E-state index in [1.165, 1.54) is 26.0 Å². The van der Waals surface area contributed by atoms with Gasteiger partial charge in [0.25, 0.3) is 0 Å². The maximum Gasteiger partial charge on any atom is 0.324 e. The zero-order valence-electron chi connectivity index (χ0n) is 14.0. The Morgan fingerprint density at radius 2 is 1.39 bits per heavy atom. The fourth-order valence-electron chi connectivity index (χ4n) is 1.95. The topological polar surface area (TPSA) is 96.0 Å². The molecule has 0 amide bonds. The summed E-state index contributed by atoms with van der Waals surface area (Å²) in [5.74, 6) is -2.38. The Morgan fingerprint density at radius 1 is 0.870 bits per heavy atom. The molecule has 0 aromatic heterocycles. The normalized spacial score (nSPS) is 11.1. The van der Waals surface area contributed by atoms with Crippen LogP contribution in [0.4, 0.5) is 0 Å². The Kier molecular flexibility index (Phi) is 9.53. The predicted octanol–water partition coefficient (Wildman–Crippen LogP) is 1.59. The molecule has 7 nitrogen and oxygen atoms in total. The van der Waals surface area contributed by atoms with E-state index in [-0.39, 0.29) is 38.4 Å². The van der Waals surface area contributed by atoms with Crippen molar-refractivity contribution in [3.8, 4) is 0 Å². The number of allylic oxidation sites excluding steroid dienone is 1. The maximum atomic E-state index is 12.3. The van der Waals surface area contributed by atoms with Gasteiger partial charge in [0, 0.05) is 13.3 Å². The van der Waals surface area contributed by atoms with Crippen LogP contribution in [0.5, 0.6) is 0 Å². The molecular weight excluding hydrogens is 304 g/mol. The molecule has 0 radical (unpaired) electrons. The van der Waals surface area contributed by atoms with Gasteiger partial charge in [0.05, 0.1) is 13.2 Å². The molecule has 0 rings (SSSR count). The lowest BCUT2D eigenvalue weighted by Gasteiger charge is -2.27. The first-order valence-corrected chi connectivity index (χ1v) is 7.42. The van der Waals surface area contributed by atoms with Gasteiger partial charge in [-0.25, -0.2) is 0 Å². The Morgan fingerprint density at radius 3 is 1.78 bits per heavy atom. The summed E-state index contributed by atoms with van der Waals surface area (Å²) in [6.07, 6.45) is 2.60. The maximum absolute atomic E-state index is 12.3. The Bertz CT molecular complexity index is 447. The number of rotatable bonds is 10. The van der Waals surface area contributed by atoms with Gasteiger partial charge in [-0.05, 0) is 27.2 Å². The number of carbonyl (C=O) groups excluding carboxylic acids is 4. The van der Waals surface area contributed by atoms with Crippen LogP contribution in [0.2, 0.25) is 0 Å². The smallest absolute Gasteiger partial charge is 0.324 e. The van der Waals surface area contributed by atoms with E-state index in [2.05, 4.69) is 0 Å². The van der Waals surface area contributed by atoms with E-state index < -0.39 is 23.3 Å². The van der Waals surface area contributed by atoms with Crippen molar-refractivity contribution in [2.45, 2.75) is 40.5 Å². The molecule has 0 unspecified atom stereocenters. The number of ether oxygens (including phenoxy) is 3. The Hall–Kier alpha value is -2.18. The molecule has 0 aliphatic carbocycles. The summed E-state index contributed by atoms with van der Waals surface area (Å²) >= 11 is 0. The standard InChI is InChI=1S/C16H24O7/c1-5-21-14(19)16(11-12(3)17,15(20)22-6-2)9-7-8-10-23-13(4)18/h7-8H,5-6,9-11H2,1-4H3/b8-7+. The molecule has 0 fully saturated rings. The lowest BCUT2D eigenvalue weighted by Crippen LogP contribution is -2.43. The second-order valence-electron chi connectivity index (χ2n) is 4.88. The monoisotopic (exact) mass is 328 g/mol. The minimum absolute atomic E-state index is 0.0110. The molecule has 0 saturated heterocycles. The van der Waals surface area contributed by atoms with Crippen molar-refractivity contribution in [1.29, 1.82) is 0 Å². The van der Waals surface area contributed by atoms with Crippen LogP contribution >= 0.6 is 0 Å². The largest absolute Gasteiger partial charge is 0.465 e. The molecule has 0 aliphatic rings. The van der Waals surface area contributed by atoms with Gasteiger partial charge in [-0.3, -0.25) is 19.2 Å². The average molecular weight is 328 g/mol. The van der Waals surface area contributed by atoms with E-state index in [4.69, 9.17) is 14.2 Å². The number of hydrogen-bond donors (Lipinski definition) is 0. The number of esters is 3. The van der Waals surface area contributed by atoms with Gasteiger partial charge in [0.1, 0.15) is 12.4 Å². The third-order valence-corrected chi connectivity index (χ3v) is 2.90. The zero-order chi connectivity index (χ0) is 17.9. The molecule has 0 heterocycles. The van der Waals surface area contributed by atoms with Crippen molar-refractivity contribution in [2.75, 3.05) is 19.8 Å². The molecule has 0 bridgehead atoms. The van der Waals surface area contributed by atoms with Gasteiger partial charge >= 0.3 is 17.9 Å². The summed E-state index contributed by atoms with van der Waals surface area (Å²) in [4.78, 5) is 46.8. The minimum Gasteiger partial charge on any atom is -0.465 e. The molecule has 0 saturated carbocycles. The van der Waals surface area contributed by atoms with E-state index in [9.17, 15) is 19.2 Å². The first kappa shape index (κ1) is 20.8. The number of hydrogen-bond acceptors (Lipinski definition) is 7. The molecule has 7 heteroatoms. The lowest BCUT2D eigenvalue weighted by atomic mass is 9.79. The van der Waals surface area contributed by atoms with Crippen LogP contribution < -0.4 is 0 Å². The van der Waals surface area contributed by atoms with Gasteiger partial charge in [0.2, 0.25) is 0 Å². The molecule has 0 aromatic rings. The highest BCUT2D eigenvalue weighted by Gasteiger charge is 2.48. The van der Waals surface area contributed by atoms with Crippen molar-refractivity contribution in [3.63, 3.8) is 0 Å². The molecule has 0 spiro atoms. The highest BCUT2D eigenvalue weighted by Crippen LogP contribution is 2.31. The number of Topliss-reactive ketones (excluding diaryl/α,β-unsaturated/α-hetero) is 1. The molecular formula is C16H24O7. The first-order valence-electron chi connectivity index (χ1n) is 7.42. The van der Waals surface area contributed by atoms with Crippen LogP contribution in [0.15, 0.2) is 12.2 Å². The highest BCUT2D eigenvalue weighted by atomic mass is 16.6. The van der Waals surface area contributed by atoms with Crippen LogP contribution in [-0.4, -0.2) is 43.5 Å². The van der Waals surface area contributed by atoms with Crippen LogP contribution in [0, 0.1) is 5.41 Å². The average Bonchev–Trinajstić information content (AvgIpc) is 2.45. The summed E-state index contributed by atoms with van der Waals surface area (Å²) < 4.78 is 14.6. The second-order valence-corrected chi connectivity index (χ2v) is 4.88. The van der Waals surface area contributed by atoms with Crippen LogP contribution in [0.3, 0.4) is 0 Å². The summed E-state index contributed by atoms with van der Waals surface area (Å²) in [6, 6.07) is 0. The van der Waals surface area contributed by atoms with Crippen LogP contribution in [0.25, 0.3) is 0 Å². The van der Waals surface area contributed by atoms with Gasteiger partial charge in [0.15, 0.2) is 5.41 Å². The molecule has 0 atom stereocenters. The summed E-state index contributed by atoms with van der Waals surface area (Å²) in [7, 11) is 0. The Balaban J connectivity index is 5.34. The third-order valence-electron chi connectivity index (χ3n) is 2.90. The third kappa shape index (κ3) is 7.08. The number of carbonyl (C=O) groups is 4. The fraction of sp³-hybridized carbons (Fsp3) is 0.625. The quantitative estimate of drug-likeness (QED) is 0.260. The summed E-state index contributed by atoms with van der Waals surface area (Å²) in [5.41, 5.74) is -1.72. The van der Waals surface area contributed by atoms with Crippen LogP contribution in [-0.2, 0) is 33.4 Å². The van der Waals surface area contributed by atoms with E-state index >= 15 is 0 Å². The predicted molar refractivity (Wildman–Crippen MR) is 81.4 cm³/mol. The zero-order valence-corrected chi connectivity index (χ0v) is 14.0. The SMILES string of the molecule is CCOC(=O)C(C/C=C/COC(C)=O)(CC(C)=O)C(=O)OCC. The minimum atomic E-state index is -1.72. The molecule has 0 aliphatic heterocycles. The summed E-state index contributed by atoms with van der Waals surface area (Å²) in [5, 5.41) is 0. The van der Waals surface area contributed by atoms with E-state index in [1.807, 2.05) is 0 Å². The molecule has 0 aromatic carbocycles. The molecule has 23 heavy (non-hydrogen) atoms. The molecule has 130 valence electrons. The van der Waals surface area contributed by atoms with Gasteiger partial charge in [-0.2, -0.15) is 0 Å². The number of ketones is 1. The molecule has 0 N–H and O–H groups in total. The fourth-order valence-corrected chi connectivity index (χ4v) is 1.95. The van der Waals surface area contributed by atoms with Crippen molar-refractivity contribution >= 4 is 23.7 Å². The van der Waals surface area contributed by atoms with Crippen molar-refractivity contribution in [1.82, 2.24) is 0 Å². The highest BCUT2D eigenvalue weighted by molar-refractivity contribution is 6.03. The van der Waals surface area contributed by atoms with Crippen molar-refractivity contribution < 1.29 is 33.4 Å². The van der Waals surface area contributed by atoms with Crippen molar-refractivity contribution in [3.05, 3.63) is 12.2 Å². The van der Waals surface area contributed by atoms with Gasteiger partial charge in [-0.1, -0.05) is 12.2 Å². The van der Waals surface area contributed by atoms with E-state index in [0.29, 0.717) is 0 Å². The van der Waals surface area contributed by atoms with Crippen LogP contribution in [0.1, 0.15) is 40.5 Å².